The molecule has 3 aliphatic rings. The molecule has 0 radical (unpaired) electrons. The van der Waals surface area contributed by atoms with Crippen LogP contribution in [0.25, 0.3) is 0 Å². The lowest BCUT2D eigenvalue weighted by Gasteiger charge is -2.34. The second kappa shape index (κ2) is 5.51. The first kappa shape index (κ1) is 17.0. The van der Waals surface area contributed by atoms with E-state index >= 15 is 0 Å². The number of ether oxygens (including phenoxy) is 4. The summed E-state index contributed by atoms with van der Waals surface area (Å²) in [5.74, 6) is -2.94. The highest BCUT2D eigenvalue weighted by Crippen LogP contribution is 2.40. The van der Waals surface area contributed by atoms with Crippen molar-refractivity contribution in [3.05, 3.63) is 28.2 Å². The van der Waals surface area contributed by atoms with Gasteiger partial charge in [0.05, 0.1) is 6.61 Å². The number of rotatable bonds is 1. The Morgan fingerprint density at radius 1 is 1.24 bits per heavy atom. The molecule has 1 aromatic carbocycles. The first-order chi connectivity index (χ1) is 11.7. The lowest BCUT2D eigenvalue weighted by atomic mass is 9.98. The SMILES string of the molecule is Cc1ccc(N2C[C@]3(OC[C@H]4OC(C)(C)O[C@H]4C3=O)OC2=O)cc1Br. The number of aryl methyl sites for hydroxylation is 1. The molecule has 0 N–H and O–H groups in total. The quantitative estimate of drug-likeness (QED) is 0.706. The van der Waals surface area contributed by atoms with Crippen molar-refractivity contribution in [3.63, 3.8) is 0 Å². The number of amides is 1. The van der Waals surface area contributed by atoms with Gasteiger partial charge < -0.3 is 18.9 Å². The molecule has 1 spiro atoms. The lowest BCUT2D eigenvalue weighted by Crippen LogP contribution is -2.59. The van der Waals surface area contributed by atoms with E-state index in [9.17, 15) is 9.59 Å². The van der Waals surface area contributed by atoms with Gasteiger partial charge in [0.15, 0.2) is 11.9 Å². The van der Waals surface area contributed by atoms with E-state index in [-0.39, 0.29) is 13.2 Å². The molecule has 0 bridgehead atoms. The Balaban J connectivity index is 1.61. The fourth-order valence-corrected chi connectivity index (χ4v) is 3.70. The molecule has 4 rings (SSSR count). The van der Waals surface area contributed by atoms with Crippen LogP contribution < -0.4 is 4.90 Å². The highest BCUT2D eigenvalue weighted by molar-refractivity contribution is 9.10. The molecule has 25 heavy (non-hydrogen) atoms. The predicted octanol–water partition coefficient (Wildman–Crippen LogP) is 2.53. The van der Waals surface area contributed by atoms with Crippen molar-refractivity contribution in [1.82, 2.24) is 0 Å². The van der Waals surface area contributed by atoms with Crippen molar-refractivity contribution in [2.75, 3.05) is 18.1 Å². The number of carbonyl (C=O) groups is 2. The van der Waals surface area contributed by atoms with Gasteiger partial charge in [-0.15, -0.1) is 0 Å². The Morgan fingerprint density at radius 2 is 2.00 bits per heavy atom. The molecule has 0 aromatic heterocycles. The molecule has 7 nitrogen and oxygen atoms in total. The molecule has 1 amide bonds. The normalized spacial score (nSPS) is 33.7. The van der Waals surface area contributed by atoms with Gasteiger partial charge in [-0.05, 0) is 38.5 Å². The fraction of sp³-hybridized carbons (Fsp3) is 0.529. The maximum atomic E-state index is 12.9. The monoisotopic (exact) mass is 411 g/mol. The minimum absolute atomic E-state index is 0.0207. The van der Waals surface area contributed by atoms with E-state index in [1.165, 1.54) is 4.90 Å². The topological polar surface area (TPSA) is 74.3 Å². The van der Waals surface area contributed by atoms with Crippen LogP contribution in [0, 0.1) is 6.92 Å². The number of halogens is 1. The molecule has 0 aliphatic carbocycles. The van der Waals surface area contributed by atoms with Gasteiger partial charge in [-0.3, -0.25) is 9.69 Å². The first-order valence-electron chi connectivity index (χ1n) is 8.01. The Kier molecular flexibility index (Phi) is 3.74. The maximum absolute atomic E-state index is 12.9. The van der Waals surface area contributed by atoms with Gasteiger partial charge in [0.25, 0.3) is 5.79 Å². The zero-order chi connectivity index (χ0) is 18.0. The largest absolute Gasteiger partial charge is 0.417 e. The van der Waals surface area contributed by atoms with E-state index in [0.717, 1.165) is 10.0 Å². The molecule has 3 saturated heterocycles. The van der Waals surface area contributed by atoms with Crippen LogP contribution in [0.15, 0.2) is 22.7 Å². The molecule has 3 atom stereocenters. The van der Waals surface area contributed by atoms with Crippen molar-refractivity contribution in [1.29, 1.82) is 0 Å². The zero-order valence-corrected chi connectivity index (χ0v) is 15.7. The second-order valence-electron chi connectivity index (χ2n) is 6.91. The number of anilines is 1. The number of carbonyl (C=O) groups excluding carboxylic acids is 2. The van der Waals surface area contributed by atoms with Crippen LogP contribution in [0.5, 0.6) is 0 Å². The number of hydrogen-bond acceptors (Lipinski definition) is 6. The van der Waals surface area contributed by atoms with Crippen LogP contribution in [0.2, 0.25) is 0 Å². The van der Waals surface area contributed by atoms with Crippen LogP contribution in [-0.4, -0.2) is 48.8 Å². The molecule has 3 fully saturated rings. The van der Waals surface area contributed by atoms with Crippen molar-refractivity contribution >= 4 is 33.5 Å². The summed E-state index contributed by atoms with van der Waals surface area (Å²) in [6.07, 6.45) is -1.92. The van der Waals surface area contributed by atoms with Crippen LogP contribution in [0.4, 0.5) is 10.5 Å². The summed E-state index contributed by atoms with van der Waals surface area (Å²) in [7, 11) is 0. The van der Waals surface area contributed by atoms with E-state index in [2.05, 4.69) is 15.9 Å². The second-order valence-corrected chi connectivity index (χ2v) is 7.76. The van der Waals surface area contributed by atoms with E-state index in [1.807, 2.05) is 19.1 Å². The van der Waals surface area contributed by atoms with E-state index in [0.29, 0.717) is 5.69 Å². The van der Waals surface area contributed by atoms with Gasteiger partial charge in [0, 0.05) is 10.2 Å². The third kappa shape index (κ3) is 2.68. The fourth-order valence-electron chi connectivity index (χ4n) is 3.33. The third-order valence-corrected chi connectivity index (χ3v) is 5.46. The Hall–Kier alpha value is -1.48. The summed E-state index contributed by atoms with van der Waals surface area (Å²) < 4.78 is 23.3. The first-order valence-corrected chi connectivity index (χ1v) is 8.81. The molecule has 8 heteroatoms. The lowest BCUT2D eigenvalue weighted by molar-refractivity contribution is -0.218. The molecular weight excluding hydrogens is 394 g/mol. The average Bonchev–Trinajstić information content (AvgIpc) is 3.04. The number of nitrogens with zero attached hydrogens (tertiary/aromatic N) is 1. The van der Waals surface area contributed by atoms with Gasteiger partial charge in [-0.1, -0.05) is 22.0 Å². The molecule has 3 heterocycles. The maximum Gasteiger partial charge on any atom is 0.417 e. The number of benzene rings is 1. The number of hydrogen-bond donors (Lipinski definition) is 0. The summed E-state index contributed by atoms with van der Waals surface area (Å²) >= 11 is 3.45. The standard InChI is InChI=1S/C17H18BrNO6/c1-9-4-5-10(6-11(9)18)19-8-17(25-15(19)21)14(20)13-12(7-22-17)23-16(2,3)24-13/h4-6,12-13H,7-8H2,1-3H3/t12-,13-,17+/m1/s1. The highest BCUT2D eigenvalue weighted by atomic mass is 79.9. The number of fused-ring (bicyclic) bond motifs is 1. The molecule has 0 unspecified atom stereocenters. The summed E-state index contributed by atoms with van der Waals surface area (Å²) in [5.41, 5.74) is 1.67. The average molecular weight is 412 g/mol. The van der Waals surface area contributed by atoms with Gasteiger partial charge in [-0.25, -0.2) is 4.79 Å². The van der Waals surface area contributed by atoms with Crippen LogP contribution in [-0.2, 0) is 23.7 Å². The summed E-state index contributed by atoms with van der Waals surface area (Å²) in [4.78, 5) is 26.7. The van der Waals surface area contributed by atoms with Gasteiger partial charge >= 0.3 is 6.09 Å². The predicted molar refractivity (Wildman–Crippen MR) is 90.2 cm³/mol. The van der Waals surface area contributed by atoms with Gasteiger partial charge in [0.1, 0.15) is 12.6 Å². The Morgan fingerprint density at radius 3 is 2.72 bits per heavy atom. The number of Topliss-reactive ketones (excluding diaryl/α,β-unsaturated/α-hetero) is 1. The highest BCUT2D eigenvalue weighted by Gasteiger charge is 2.63. The number of ketones is 1. The smallest absolute Gasteiger partial charge is 0.407 e. The molecule has 134 valence electrons. The van der Waals surface area contributed by atoms with E-state index < -0.39 is 35.7 Å². The minimum atomic E-state index is -1.65. The van der Waals surface area contributed by atoms with Crippen LogP contribution >= 0.6 is 15.9 Å². The van der Waals surface area contributed by atoms with Gasteiger partial charge in [-0.2, -0.15) is 0 Å². The molecule has 0 saturated carbocycles. The Bertz CT molecular complexity index is 766. The molecular formula is C17H18BrNO6. The van der Waals surface area contributed by atoms with Crippen LogP contribution in [0.1, 0.15) is 19.4 Å². The van der Waals surface area contributed by atoms with E-state index in [4.69, 9.17) is 18.9 Å². The Labute approximate surface area is 153 Å². The molecule has 1 aromatic rings. The van der Waals surface area contributed by atoms with Crippen molar-refractivity contribution in [3.8, 4) is 0 Å². The molecule has 3 aliphatic heterocycles. The van der Waals surface area contributed by atoms with Crippen molar-refractivity contribution < 1.29 is 28.5 Å². The van der Waals surface area contributed by atoms with Crippen LogP contribution in [0.3, 0.4) is 0 Å². The summed E-state index contributed by atoms with van der Waals surface area (Å²) in [6, 6.07) is 5.49. The van der Waals surface area contributed by atoms with Crippen molar-refractivity contribution in [2.24, 2.45) is 0 Å². The third-order valence-electron chi connectivity index (χ3n) is 4.60. The zero-order valence-electron chi connectivity index (χ0n) is 14.1. The van der Waals surface area contributed by atoms with E-state index in [1.54, 1.807) is 19.9 Å². The van der Waals surface area contributed by atoms with Gasteiger partial charge in [0.2, 0.25) is 5.78 Å². The summed E-state index contributed by atoms with van der Waals surface area (Å²) in [5, 5.41) is 0. The van der Waals surface area contributed by atoms with Crippen molar-refractivity contribution in [2.45, 2.75) is 44.6 Å². The minimum Gasteiger partial charge on any atom is -0.407 e. The summed E-state index contributed by atoms with van der Waals surface area (Å²) in [6.45, 7) is 5.53.